The van der Waals surface area contributed by atoms with E-state index in [9.17, 15) is 4.79 Å². The minimum Gasteiger partial charge on any atom is -0.385 e. The van der Waals surface area contributed by atoms with Crippen LogP contribution in [0.3, 0.4) is 0 Å². The van der Waals surface area contributed by atoms with Crippen molar-refractivity contribution in [2.24, 2.45) is 10.7 Å². The molecule has 2 amide bonds. The number of thiophene rings is 1. The van der Waals surface area contributed by atoms with E-state index < -0.39 is 0 Å². The standard InChI is InChI=1S/C7H5Br2N3OS/c8-2-1-3(14-5(2)9)4-6(10)12-7(13)11-4/h1,4H,(H3,10,11,12,13). The number of amides is 2. The Morgan fingerprint density at radius 2 is 2.29 bits per heavy atom. The van der Waals surface area contributed by atoms with Crippen LogP contribution in [0.4, 0.5) is 4.79 Å². The van der Waals surface area contributed by atoms with Crippen LogP contribution in [0.25, 0.3) is 0 Å². The molecule has 0 aliphatic carbocycles. The van der Waals surface area contributed by atoms with Crippen molar-refractivity contribution in [2.75, 3.05) is 0 Å². The molecular weight excluding hydrogens is 334 g/mol. The molecule has 3 N–H and O–H groups in total. The van der Waals surface area contributed by atoms with Crippen molar-refractivity contribution in [2.45, 2.75) is 6.04 Å². The van der Waals surface area contributed by atoms with Gasteiger partial charge in [0.15, 0.2) is 0 Å². The molecule has 0 saturated carbocycles. The van der Waals surface area contributed by atoms with E-state index >= 15 is 0 Å². The summed E-state index contributed by atoms with van der Waals surface area (Å²) < 4.78 is 1.92. The Morgan fingerprint density at radius 1 is 1.57 bits per heavy atom. The van der Waals surface area contributed by atoms with Gasteiger partial charge in [0.25, 0.3) is 0 Å². The molecule has 74 valence electrons. The summed E-state index contributed by atoms with van der Waals surface area (Å²) in [4.78, 5) is 15.5. The van der Waals surface area contributed by atoms with Gasteiger partial charge in [0.1, 0.15) is 11.9 Å². The highest BCUT2D eigenvalue weighted by Crippen LogP contribution is 2.36. The van der Waals surface area contributed by atoms with Gasteiger partial charge in [-0.2, -0.15) is 4.99 Å². The Labute approximate surface area is 101 Å². The monoisotopic (exact) mass is 337 g/mol. The van der Waals surface area contributed by atoms with Gasteiger partial charge in [0.05, 0.1) is 3.79 Å². The molecule has 1 atom stereocenters. The van der Waals surface area contributed by atoms with Crippen LogP contribution in [-0.2, 0) is 0 Å². The van der Waals surface area contributed by atoms with Crippen LogP contribution >= 0.6 is 43.2 Å². The number of nitrogens with one attached hydrogen (secondary N) is 1. The van der Waals surface area contributed by atoms with Crippen LogP contribution in [0.1, 0.15) is 10.9 Å². The summed E-state index contributed by atoms with van der Waals surface area (Å²) in [5, 5.41) is 2.66. The summed E-state index contributed by atoms with van der Waals surface area (Å²) in [7, 11) is 0. The minimum atomic E-state index is -0.381. The molecule has 0 spiro atoms. The van der Waals surface area contributed by atoms with E-state index in [0.717, 1.165) is 13.1 Å². The maximum Gasteiger partial charge on any atom is 0.343 e. The van der Waals surface area contributed by atoms with Gasteiger partial charge in [-0.15, -0.1) is 11.3 Å². The smallest absolute Gasteiger partial charge is 0.343 e. The summed E-state index contributed by atoms with van der Waals surface area (Å²) in [6.45, 7) is 0. The molecular formula is C7H5Br2N3OS. The third-order valence-electron chi connectivity index (χ3n) is 1.74. The summed E-state index contributed by atoms with van der Waals surface area (Å²) in [6.07, 6.45) is 0. The molecule has 0 radical (unpaired) electrons. The number of carbonyl (C=O) groups excluding carboxylic acids is 1. The summed E-state index contributed by atoms with van der Waals surface area (Å²) in [5.74, 6) is 0.316. The average Bonchev–Trinajstić information content (AvgIpc) is 2.57. The summed E-state index contributed by atoms with van der Waals surface area (Å²) >= 11 is 8.26. The first-order chi connectivity index (χ1) is 6.58. The van der Waals surface area contributed by atoms with Crippen molar-refractivity contribution in [3.05, 3.63) is 19.2 Å². The summed E-state index contributed by atoms with van der Waals surface area (Å²) in [6, 6.07) is 1.25. The molecule has 1 aromatic rings. The first kappa shape index (κ1) is 10.1. The van der Waals surface area contributed by atoms with Crippen LogP contribution in [0.5, 0.6) is 0 Å². The van der Waals surface area contributed by atoms with E-state index in [0.29, 0.717) is 5.84 Å². The highest BCUT2D eigenvalue weighted by atomic mass is 79.9. The first-order valence-electron chi connectivity index (χ1n) is 3.67. The van der Waals surface area contributed by atoms with E-state index in [1.54, 1.807) is 0 Å². The van der Waals surface area contributed by atoms with Crippen molar-refractivity contribution < 1.29 is 4.79 Å². The van der Waals surface area contributed by atoms with Crippen LogP contribution < -0.4 is 11.1 Å². The van der Waals surface area contributed by atoms with E-state index in [1.165, 1.54) is 11.3 Å². The molecule has 2 rings (SSSR count). The minimum absolute atomic E-state index is 0.282. The molecule has 4 nitrogen and oxygen atoms in total. The van der Waals surface area contributed by atoms with Crippen LogP contribution in [0, 0.1) is 0 Å². The van der Waals surface area contributed by atoms with Crippen LogP contribution in [-0.4, -0.2) is 11.9 Å². The molecule has 0 fully saturated rings. The maximum absolute atomic E-state index is 10.9. The molecule has 0 bridgehead atoms. The Balaban J connectivity index is 2.33. The summed E-state index contributed by atoms with van der Waals surface area (Å²) in [5.41, 5.74) is 5.60. The predicted molar refractivity (Wildman–Crippen MR) is 62.6 cm³/mol. The first-order valence-corrected chi connectivity index (χ1v) is 6.07. The van der Waals surface area contributed by atoms with Gasteiger partial charge in [-0.3, -0.25) is 0 Å². The molecule has 0 saturated heterocycles. The predicted octanol–water partition coefficient (Wildman–Crippen LogP) is 2.39. The average molecular weight is 339 g/mol. The van der Waals surface area contributed by atoms with E-state index in [2.05, 4.69) is 42.2 Å². The fourth-order valence-corrected chi connectivity index (χ4v) is 3.29. The van der Waals surface area contributed by atoms with E-state index in [-0.39, 0.29) is 12.1 Å². The van der Waals surface area contributed by atoms with Crippen LogP contribution in [0.15, 0.2) is 19.3 Å². The fraction of sp³-hybridized carbons (Fsp3) is 0.143. The Hall–Kier alpha value is -0.400. The van der Waals surface area contributed by atoms with Crippen molar-refractivity contribution in [1.29, 1.82) is 0 Å². The molecule has 2 heterocycles. The Morgan fingerprint density at radius 3 is 2.71 bits per heavy atom. The SMILES string of the molecule is NC1=NC(=O)NC1c1cc(Br)c(Br)s1. The van der Waals surface area contributed by atoms with Gasteiger partial charge in [0, 0.05) is 9.35 Å². The number of aliphatic imine (C=N–C) groups is 1. The zero-order valence-corrected chi connectivity index (χ0v) is 10.7. The number of amidine groups is 1. The number of hydrogen-bond acceptors (Lipinski definition) is 3. The number of hydrogen-bond donors (Lipinski definition) is 2. The van der Waals surface area contributed by atoms with Crippen LogP contribution in [0.2, 0.25) is 0 Å². The van der Waals surface area contributed by atoms with Gasteiger partial charge in [-0.25, -0.2) is 4.79 Å². The van der Waals surface area contributed by atoms with E-state index in [4.69, 9.17) is 5.73 Å². The normalized spacial score (nSPS) is 20.9. The molecule has 14 heavy (non-hydrogen) atoms. The Kier molecular flexibility index (Phi) is 2.63. The molecule has 1 aliphatic heterocycles. The fourth-order valence-electron chi connectivity index (χ4n) is 1.13. The molecule has 1 unspecified atom stereocenters. The molecule has 7 heteroatoms. The number of nitrogens with two attached hydrogens (primary N) is 1. The van der Waals surface area contributed by atoms with Gasteiger partial charge >= 0.3 is 6.03 Å². The Bertz CT molecular complexity index is 409. The van der Waals surface area contributed by atoms with Gasteiger partial charge < -0.3 is 11.1 Å². The number of halogens is 2. The zero-order valence-electron chi connectivity index (χ0n) is 6.75. The van der Waals surface area contributed by atoms with Crippen molar-refractivity contribution in [3.63, 3.8) is 0 Å². The maximum atomic E-state index is 10.9. The molecule has 0 aromatic carbocycles. The van der Waals surface area contributed by atoms with Crippen molar-refractivity contribution in [1.82, 2.24) is 5.32 Å². The van der Waals surface area contributed by atoms with Gasteiger partial charge in [-0.1, -0.05) is 0 Å². The number of rotatable bonds is 1. The number of nitrogens with zero attached hydrogens (tertiary/aromatic N) is 1. The van der Waals surface area contributed by atoms with Gasteiger partial charge in [-0.05, 0) is 37.9 Å². The second kappa shape index (κ2) is 3.63. The molecule has 1 aliphatic rings. The second-order valence-corrected chi connectivity index (χ2v) is 5.95. The lowest BCUT2D eigenvalue weighted by Gasteiger charge is -2.06. The van der Waals surface area contributed by atoms with Crippen molar-refractivity contribution in [3.8, 4) is 0 Å². The van der Waals surface area contributed by atoms with E-state index in [1.807, 2.05) is 6.07 Å². The highest BCUT2D eigenvalue weighted by Gasteiger charge is 2.26. The van der Waals surface area contributed by atoms with Crippen molar-refractivity contribution >= 4 is 55.1 Å². The highest BCUT2D eigenvalue weighted by molar-refractivity contribution is 9.13. The zero-order chi connectivity index (χ0) is 10.3. The lowest BCUT2D eigenvalue weighted by atomic mass is 10.2. The quantitative estimate of drug-likeness (QED) is 0.825. The topological polar surface area (TPSA) is 67.5 Å². The number of carbonyl (C=O) groups is 1. The molecule has 1 aromatic heterocycles. The second-order valence-electron chi connectivity index (χ2n) is 2.69. The lowest BCUT2D eigenvalue weighted by molar-refractivity contribution is 0.250. The third kappa shape index (κ3) is 1.71. The number of urea groups is 1. The van der Waals surface area contributed by atoms with Gasteiger partial charge in [0.2, 0.25) is 0 Å². The lowest BCUT2D eigenvalue weighted by Crippen LogP contribution is -2.26. The third-order valence-corrected chi connectivity index (χ3v) is 5.06. The largest absolute Gasteiger partial charge is 0.385 e.